The van der Waals surface area contributed by atoms with Crippen LogP contribution in [-0.2, 0) is 19.5 Å². The van der Waals surface area contributed by atoms with Crippen molar-refractivity contribution >= 4 is 22.3 Å². The van der Waals surface area contributed by atoms with Gasteiger partial charge in [-0.1, -0.05) is 6.07 Å². The first-order valence-electron chi connectivity index (χ1n) is 9.75. The molecule has 0 atom stereocenters. The van der Waals surface area contributed by atoms with Crippen LogP contribution in [0.2, 0.25) is 0 Å². The summed E-state index contributed by atoms with van der Waals surface area (Å²) in [6.45, 7) is 2.14. The van der Waals surface area contributed by atoms with Gasteiger partial charge in [0.25, 0.3) is 5.69 Å². The Bertz CT molecular complexity index is 1250. The van der Waals surface area contributed by atoms with Crippen molar-refractivity contribution in [3.05, 3.63) is 81.8 Å². The number of nitro benzene ring substituents is 1. The third kappa shape index (κ3) is 3.27. The summed E-state index contributed by atoms with van der Waals surface area (Å²) in [6, 6.07) is 12.6. The van der Waals surface area contributed by atoms with Crippen LogP contribution >= 0.6 is 0 Å². The molecule has 4 aromatic rings. The maximum absolute atomic E-state index is 11.5. The predicted octanol–water partition coefficient (Wildman–Crippen LogP) is 3.67. The Morgan fingerprint density at radius 1 is 1.20 bits per heavy atom. The minimum atomic E-state index is -0.322. The predicted molar refractivity (Wildman–Crippen MR) is 115 cm³/mol. The van der Waals surface area contributed by atoms with E-state index in [0.29, 0.717) is 30.0 Å². The van der Waals surface area contributed by atoms with E-state index in [0.717, 1.165) is 40.9 Å². The number of aromatic nitrogens is 3. The summed E-state index contributed by atoms with van der Waals surface area (Å²) in [5.41, 5.74) is 11.4. The van der Waals surface area contributed by atoms with E-state index in [2.05, 4.69) is 14.9 Å². The number of H-pyrrole nitrogens is 1. The van der Waals surface area contributed by atoms with Gasteiger partial charge in [0.1, 0.15) is 0 Å². The summed E-state index contributed by atoms with van der Waals surface area (Å²) in [5, 5.41) is 12.1. The molecule has 8 nitrogen and oxygen atoms in total. The van der Waals surface area contributed by atoms with Crippen LogP contribution in [0.15, 0.2) is 54.9 Å². The van der Waals surface area contributed by atoms with Crippen LogP contribution in [-0.4, -0.2) is 31.3 Å². The van der Waals surface area contributed by atoms with Crippen molar-refractivity contribution in [3.63, 3.8) is 0 Å². The van der Waals surface area contributed by atoms with Crippen molar-refractivity contribution in [1.29, 1.82) is 0 Å². The smallest absolute Gasteiger partial charge is 0.279 e. The molecule has 8 heteroatoms. The molecule has 150 valence electrons. The molecule has 2 aromatic heterocycles. The molecule has 30 heavy (non-hydrogen) atoms. The maximum atomic E-state index is 11.5. The number of nitrogens with two attached hydrogens (primary N) is 1. The third-order valence-corrected chi connectivity index (χ3v) is 5.55. The summed E-state index contributed by atoms with van der Waals surface area (Å²) in [6.07, 6.45) is 4.62. The molecule has 0 aliphatic carbocycles. The van der Waals surface area contributed by atoms with E-state index in [1.807, 2.05) is 42.7 Å². The second-order valence-corrected chi connectivity index (χ2v) is 7.52. The molecule has 0 saturated carbocycles. The lowest BCUT2D eigenvalue weighted by Gasteiger charge is -2.27. The molecule has 5 rings (SSSR count). The molecule has 0 amide bonds. The maximum Gasteiger partial charge on any atom is 0.279 e. The van der Waals surface area contributed by atoms with Crippen molar-refractivity contribution in [3.8, 4) is 11.4 Å². The first-order chi connectivity index (χ1) is 14.6. The number of nitro groups is 1. The Labute approximate surface area is 172 Å². The fraction of sp³-hybridized carbons (Fsp3) is 0.182. The Morgan fingerprint density at radius 2 is 2.03 bits per heavy atom. The fourth-order valence-corrected chi connectivity index (χ4v) is 4.02. The van der Waals surface area contributed by atoms with Gasteiger partial charge in [0.05, 0.1) is 21.5 Å². The first kappa shape index (κ1) is 18.3. The number of fused-ring (bicyclic) bond motifs is 2. The van der Waals surface area contributed by atoms with Gasteiger partial charge in [-0.15, -0.1) is 0 Å². The highest BCUT2D eigenvalue weighted by Crippen LogP contribution is 2.30. The number of nitrogen functional groups attached to an aromatic ring is 1. The van der Waals surface area contributed by atoms with Crippen LogP contribution in [0.1, 0.15) is 16.8 Å². The molecule has 0 radical (unpaired) electrons. The molecule has 0 fully saturated rings. The number of hydrogen-bond donors (Lipinski definition) is 2. The number of non-ortho nitro benzene ring substituents is 1. The summed E-state index contributed by atoms with van der Waals surface area (Å²) < 4.78 is 0. The summed E-state index contributed by atoms with van der Waals surface area (Å²) in [5.74, 6) is 0.679. The standard InChI is InChI=1S/C22H20N6O2/c23-17-6-4-14(5-7-17)22-25-10-15-8-9-27(13-19(15)26-22)12-16-11-24-18-2-1-3-20(21(16)18)28(29)30/h1-7,10-11,24H,8-9,12-13,23H2. The molecule has 0 saturated heterocycles. The van der Waals surface area contributed by atoms with Crippen molar-refractivity contribution in [2.24, 2.45) is 0 Å². The number of nitrogens with one attached hydrogen (secondary N) is 1. The van der Waals surface area contributed by atoms with Gasteiger partial charge in [-0.3, -0.25) is 15.0 Å². The van der Waals surface area contributed by atoms with E-state index in [1.54, 1.807) is 12.1 Å². The van der Waals surface area contributed by atoms with Gasteiger partial charge in [-0.25, -0.2) is 9.97 Å². The molecule has 2 aromatic carbocycles. The molecule has 3 heterocycles. The van der Waals surface area contributed by atoms with Crippen LogP contribution in [0.25, 0.3) is 22.3 Å². The zero-order valence-electron chi connectivity index (χ0n) is 16.2. The highest BCUT2D eigenvalue weighted by molar-refractivity contribution is 5.91. The highest BCUT2D eigenvalue weighted by atomic mass is 16.6. The Balaban J connectivity index is 1.42. The molecular weight excluding hydrogens is 380 g/mol. The number of aromatic amines is 1. The first-order valence-corrected chi connectivity index (χ1v) is 9.75. The highest BCUT2D eigenvalue weighted by Gasteiger charge is 2.22. The van der Waals surface area contributed by atoms with Crippen LogP contribution < -0.4 is 5.73 Å². The van der Waals surface area contributed by atoms with Gasteiger partial charge in [-0.2, -0.15) is 0 Å². The zero-order chi connectivity index (χ0) is 20.7. The Hall–Kier alpha value is -3.78. The van der Waals surface area contributed by atoms with E-state index >= 15 is 0 Å². The summed E-state index contributed by atoms with van der Waals surface area (Å²) >= 11 is 0. The van der Waals surface area contributed by atoms with Gasteiger partial charge in [-0.05, 0) is 47.9 Å². The van der Waals surface area contributed by atoms with Gasteiger partial charge in [0, 0.05) is 49.3 Å². The molecular formula is C22H20N6O2. The van der Waals surface area contributed by atoms with Crippen LogP contribution in [0, 0.1) is 10.1 Å². The normalized spacial score (nSPS) is 14.0. The molecule has 0 spiro atoms. The Kier molecular flexibility index (Phi) is 4.40. The van der Waals surface area contributed by atoms with Gasteiger partial charge in [0.2, 0.25) is 0 Å². The Morgan fingerprint density at radius 3 is 2.83 bits per heavy atom. The molecule has 1 aliphatic heterocycles. The lowest BCUT2D eigenvalue weighted by atomic mass is 10.0. The van der Waals surface area contributed by atoms with E-state index < -0.39 is 0 Å². The van der Waals surface area contributed by atoms with Crippen LogP contribution in [0.5, 0.6) is 0 Å². The summed E-state index contributed by atoms with van der Waals surface area (Å²) in [7, 11) is 0. The fourth-order valence-electron chi connectivity index (χ4n) is 4.02. The van der Waals surface area contributed by atoms with E-state index in [9.17, 15) is 10.1 Å². The second kappa shape index (κ2) is 7.23. The molecule has 1 aliphatic rings. The van der Waals surface area contributed by atoms with Crippen molar-refractivity contribution in [2.45, 2.75) is 19.5 Å². The third-order valence-electron chi connectivity index (χ3n) is 5.55. The zero-order valence-corrected chi connectivity index (χ0v) is 16.2. The van der Waals surface area contributed by atoms with Gasteiger partial charge >= 0.3 is 0 Å². The topological polar surface area (TPSA) is 114 Å². The van der Waals surface area contributed by atoms with Crippen molar-refractivity contribution in [1.82, 2.24) is 19.9 Å². The van der Waals surface area contributed by atoms with E-state index in [1.165, 1.54) is 0 Å². The quantitative estimate of drug-likeness (QED) is 0.307. The number of benzene rings is 2. The average molecular weight is 400 g/mol. The van der Waals surface area contributed by atoms with E-state index in [-0.39, 0.29) is 10.6 Å². The second-order valence-electron chi connectivity index (χ2n) is 7.52. The average Bonchev–Trinajstić information content (AvgIpc) is 3.16. The van der Waals surface area contributed by atoms with Gasteiger partial charge < -0.3 is 10.7 Å². The van der Waals surface area contributed by atoms with Crippen molar-refractivity contribution < 1.29 is 4.92 Å². The SMILES string of the molecule is Nc1ccc(-c2ncc3c(n2)CN(Cc2c[nH]c4cccc([N+](=O)[O-])c24)CC3)cc1. The number of nitrogens with zero attached hydrogens (tertiary/aromatic N) is 4. The minimum Gasteiger partial charge on any atom is -0.399 e. The minimum absolute atomic E-state index is 0.133. The molecule has 3 N–H and O–H groups in total. The van der Waals surface area contributed by atoms with Crippen LogP contribution in [0.3, 0.4) is 0 Å². The van der Waals surface area contributed by atoms with Crippen LogP contribution in [0.4, 0.5) is 11.4 Å². The number of hydrogen-bond acceptors (Lipinski definition) is 6. The summed E-state index contributed by atoms with van der Waals surface area (Å²) in [4.78, 5) is 25.9. The molecule has 0 unspecified atom stereocenters. The van der Waals surface area contributed by atoms with Crippen molar-refractivity contribution in [2.75, 3.05) is 12.3 Å². The van der Waals surface area contributed by atoms with Gasteiger partial charge in [0.15, 0.2) is 5.82 Å². The monoisotopic (exact) mass is 400 g/mol. The lowest BCUT2D eigenvalue weighted by molar-refractivity contribution is -0.383. The number of rotatable bonds is 4. The van der Waals surface area contributed by atoms with E-state index in [4.69, 9.17) is 10.7 Å². The lowest BCUT2D eigenvalue weighted by Crippen LogP contribution is -2.31. The molecule has 0 bridgehead atoms. The largest absolute Gasteiger partial charge is 0.399 e. The number of anilines is 1.